The van der Waals surface area contributed by atoms with Crippen molar-refractivity contribution in [3.63, 3.8) is 0 Å². The van der Waals surface area contributed by atoms with Crippen LogP contribution in [0.3, 0.4) is 0 Å². The lowest BCUT2D eigenvalue weighted by Crippen LogP contribution is -2.36. The molecule has 2 amide bonds. The summed E-state index contributed by atoms with van der Waals surface area (Å²) in [5, 5.41) is 5.70. The molecule has 0 unspecified atom stereocenters. The Kier molecular flexibility index (Phi) is 6.37. The number of hydrogen-bond donors (Lipinski definition) is 2. The molecule has 0 radical (unpaired) electrons. The molecule has 0 fully saturated rings. The summed E-state index contributed by atoms with van der Waals surface area (Å²) in [4.78, 5) is 25.5. The molecule has 0 aliphatic rings. The highest BCUT2D eigenvalue weighted by atomic mass is 16.2. The standard InChI is InChI=1S/C24H22N2O2/c1-18(20-13-7-3-8-14-20)25-24(28)22(17-19-11-5-2-6-12-19)26-23(27)21-15-9-4-10-16-21/h2-18H,1H3,(H,25,28)(H,26,27)/b22-17+/t18-/m0/s1. The zero-order valence-electron chi connectivity index (χ0n) is 15.6. The Balaban J connectivity index is 1.82. The highest BCUT2D eigenvalue weighted by molar-refractivity contribution is 6.05. The molecule has 0 aliphatic heterocycles. The van der Waals surface area contributed by atoms with E-state index in [0.717, 1.165) is 11.1 Å². The number of carbonyl (C=O) groups excluding carboxylic acids is 2. The first-order valence-electron chi connectivity index (χ1n) is 9.12. The normalized spacial score (nSPS) is 12.1. The molecule has 0 saturated heterocycles. The summed E-state index contributed by atoms with van der Waals surface area (Å²) < 4.78 is 0. The van der Waals surface area contributed by atoms with E-state index < -0.39 is 0 Å². The summed E-state index contributed by atoms with van der Waals surface area (Å²) in [5.74, 6) is -0.671. The van der Waals surface area contributed by atoms with Gasteiger partial charge in [0.05, 0.1) is 6.04 Å². The summed E-state index contributed by atoms with van der Waals surface area (Å²) in [6, 6.07) is 27.7. The fourth-order valence-corrected chi connectivity index (χ4v) is 2.76. The minimum absolute atomic E-state index is 0.193. The minimum atomic E-state index is -0.343. The second-order valence-electron chi connectivity index (χ2n) is 6.39. The highest BCUT2D eigenvalue weighted by Crippen LogP contribution is 2.13. The van der Waals surface area contributed by atoms with Crippen molar-refractivity contribution in [3.8, 4) is 0 Å². The SMILES string of the molecule is C[C@H](NC(=O)/C(=C\c1ccccc1)NC(=O)c1ccccc1)c1ccccc1. The van der Waals surface area contributed by atoms with E-state index >= 15 is 0 Å². The van der Waals surface area contributed by atoms with Gasteiger partial charge in [-0.2, -0.15) is 0 Å². The lowest BCUT2D eigenvalue weighted by atomic mass is 10.1. The van der Waals surface area contributed by atoms with Gasteiger partial charge in [0.2, 0.25) is 0 Å². The lowest BCUT2D eigenvalue weighted by molar-refractivity contribution is -0.118. The van der Waals surface area contributed by atoms with Crippen molar-refractivity contribution in [2.45, 2.75) is 13.0 Å². The third kappa shape index (κ3) is 5.17. The predicted octanol–water partition coefficient (Wildman–Crippen LogP) is 4.33. The van der Waals surface area contributed by atoms with Gasteiger partial charge < -0.3 is 10.6 Å². The van der Waals surface area contributed by atoms with E-state index in [1.165, 1.54) is 0 Å². The molecule has 3 aromatic carbocycles. The van der Waals surface area contributed by atoms with Crippen molar-refractivity contribution in [2.24, 2.45) is 0 Å². The maximum atomic E-state index is 12.9. The Labute approximate surface area is 164 Å². The predicted molar refractivity (Wildman–Crippen MR) is 111 cm³/mol. The fourth-order valence-electron chi connectivity index (χ4n) is 2.76. The van der Waals surface area contributed by atoms with Crippen LogP contribution in [0.2, 0.25) is 0 Å². The molecular formula is C24H22N2O2. The van der Waals surface area contributed by atoms with Gasteiger partial charge in [-0.1, -0.05) is 78.9 Å². The van der Waals surface area contributed by atoms with Crippen LogP contribution in [0.25, 0.3) is 6.08 Å². The molecule has 0 saturated carbocycles. The maximum Gasteiger partial charge on any atom is 0.268 e. The molecule has 4 heteroatoms. The van der Waals surface area contributed by atoms with Gasteiger partial charge >= 0.3 is 0 Å². The Morgan fingerprint density at radius 3 is 1.93 bits per heavy atom. The van der Waals surface area contributed by atoms with E-state index in [1.807, 2.05) is 73.7 Å². The molecule has 0 spiro atoms. The molecule has 0 aliphatic carbocycles. The quantitative estimate of drug-likeness (QED) is 0.634. The van der Waals surface area contributed by atoms with Crippen LogP contribution < -0.4 is 10.6 Å². The average molecular weight is 370 g/mol. The molecule has 3 rings (SSSR count). The molecule has 28 heavy (non-hydrogen) atoms. The van der Waals surface area contributed by atoms with Crippen LogP contribution in [0, 0.1) is 0 Å². The third-order valence-corrected chi connectivity index (χ3v) is 4.29. The van der Waals surface area contributed by atoms with Crippen LogP contribution in [-0.2, 0) is 4.79 Å². The molecule has 4 nitrogen and oxygen atoms in total. The van der Waals surface area contributed by atoms with Gasteiger partial charge in [0, 0.05) is 5.56 Å². The molecule has 3 aromatic rings. The molecule has 2 N–H and O–H groups in total. The number of carbonyl (C=O) groups is 2. The second-order valence-corrected chi connectivity index (χ2v) is 6.39. The average Bonchev–Trinajstić information content (AvgIpc) is 2.75. The second kappa shape index (κ2) is 9.33. The smallest absolute Gasteiger partial charge is 0.268 e. The fraction of sp³-hybridized carbons (Fsp3) is 0.0833. The number of rotatable bonds is 6. The van der Waals surface area contributed by atoms with E-state index in [4.69, 9.17) is 0 Å². The van der Waals surface area contributed by atoms with Crippen molar-refractivity contribution >= 4 is 17.9 Å². The van der Waals surface area contributed by atoms with Crippen LogP contribution in [0.15, 0.2) is 96.7 Å². The molecule has 140 valence electrons. The van der Waals surface area contributed by atoms with E-state index in [2.05, 4.69) is 10.6 Å². The third-order valence-electron chi connectivity index (χ3n) is 4.29. The lowest BCUT2D eigenvalue weighted by Gasteiger charge is -2.16. The monoisotopic (exact) mass is 370 g/mol. The minimum Gasteiger partial charge on any atom is -0.344 e. The van der Waals surface area contributed by atoms with Crippen LogP contribution in [-0.4, -0.2) is 11.8 Å². The van der Waals surface area contributed by atoms with Gasteiger partial charge in [-0.3, -0.25) is 9.59 Å². The summed E-state index contributed by atoms with van der Waals surface area (Å²) in [7, 11) is 0. The van der Waals surface area contributed by atoms with E-state index in [1.54, 1.807) is 30.3 Å². The molecule has 0 bridgehead atoms. The largest absolute Gasteiger partial charge is 0.344 e. The summed E-state index contributed by atoms with van der Waals surface area (Å²) in [6.07, 6.45) is 1.67. The van der Waals surface area contributed by atoms with Crippen LogP contribution in [0.4, 0.5) is 0 Å². The molecule has 0 heterocycles. The topological polar surface area (TPSA) is 58.2 Å². The number of benzene rings is 3. The Morgan fingerprint density at radius 2 is 1.32 bits per heavy atom. The van der Waals surface area contributed by atoms with Gasteiger partial charge in [-0.25, -0.2) is 0 Å². The molecule has 0 aromatic heterocycles. The number of hydrogen-bond acceptors (Lipinski definition) is 2. The summed E-state index contributed by atoms with van der Waals surface area (Å²) in [5.41, 5.74) is 2.51. The molecular weight excluding hydrogens is 348 g/mol. The van der Waals surface area contributed by atoms with Gasteiger partial charge in [0.15, 0.2) is 0 Å². The van der Waals surface area contributed by atoms with Crippen LogP contribution in [0.1, 0.15) is 34.5 Å². The highest BCUT2D eigenvalue weighted by Gasteiger charge is 2.17. The van der Waals surface area contributed by atoms with Gasteiger partial charge in [0.25, 0.3) is 11.8 Å². The van der Waals surface area contributed by atoms with Crippen molar-refractivity contribution in [3.05, 3.63) is 113 Å². The van der Waals surface area contributed by atoms with Crippen molar-refractivity contribution in [1.82, 2.24) is 10.6 Å². The van der Waals surface area contributed by atoms with Gasteiger partial charge in [0.1, 0.15) is 5.70 Å². The Bertz CT molecular complexity index is 952. The molecule has 1 atom stereocenters. The first-order chi connectivity index (χ1) is 13.6. The van der Waals surface area contributed by atoms with E-state index in [0.29, 0.717) is 5.56 Å². The van der Waals surface area contributed by atoms with Gasteiger partial charge in [-0.15, -0.1) is 0 Å². The Hall–Kier alpha value is -3.66. The zero-order chi connectivity index (χ0) is 19.8. The zero-order valence-corrected chi connectivity index (χ0v) is 15.6. The van der Waals surface area contributed by atoms with Crippen molar-refractivity contribution in [1.29, 1.82) is 0 Å². The van der Waals surface area contributed by atoms with Crippen LogP contribution >= 0.6 is 0 Å². The van der Waals surface area contributed by atoms with Gasteiger partial charge in [-0.05, 0) is 36.3 Å². The van der Waals surface area contributed by atoms with Crippen molar-refractivity contribution in [2.75, 3.05) is 0 Å². The van der Waals surface area contributed by atoms with E-state index in [-0.39, 0.29) is 23.6 Å². The first-order valence-corrected chi connectivity index (χ1v) is 9.12. The Morgan fingerprint density at radius 1 is 0.786 bits per heavy atom. The summed E-state index contributed by atoms with van der Waals surface area (Å²) in [6.45, 7) is 1.91. The number of amides is 2. The van der Waals surface area contributed by atoms with E-state index in [9.17, 15) is 9.59 Å². The number of nitrogens with one attached hydrogen (secondary N) is 2. The first kappa shape index (κ1) is 19.1. The van der Waals surface area contributed by atoms with Crippen LogP contribution in [0.5, 0.6) is 0 Å². The maximum absolute atomic E-state index is 12.9. The summed E-state index contributed by atoms with van der Waals surface area (Å²) >= 11 is 0. The van der Waals surface area contributed by atoms with Crippen molar-refractivity contribution < 1.29 is 9.59 Å².